The van der Waals surface area contributed by atoms with Crippen molar-refractivity contribution in [1.29, 1.82) is 0 Å². The first-order valence-electron chi connectivity index (χ1n) is 6.16. The highest BCUT2D eigenvalue weighted by molar-refractivity contribution is 5.41. The Hall–Kier alpha value is -1.61. The van der Waals surface area contributed by atoms with Crippen LogP contribution in [-0.4, -0.2) is 9.78 Å². The van der Waals surface area contributed by atoms with Crippen LogP contribution in [0.15, 0.2) is 24.3 Å². The maximum Gasteiger partial charge on any atom is 0.0799 e. The Kier molecular flexibility index (Phi) is 2.48. The molecule has 0 atom stereocenters. The fourth-order valence-corrected chi connectivity index (χ4v) is 2.65. The molecule has 0 bridgehead atoms. The SMILES string of the molecule is Cc1cccc(-n2nc(CN)c3c2CCC3)c1. The van der Waals surface area contributed by atoms with Crippen LogP contribution in [0.5, 0.6) is 0 Å². The predicted octanol–water partition coefficient (Wildman–Crippen LogP) is 2.13. The zero-order valence-electron chi connectivity index (χ0n) is 10.1. The minimum Gasteiger partial charge on any atom is -0.325 e. The van der Waals surface area contributed by atoms with Gasteiger partial charge in [0.2, 0.25) is 0 Å². The molecule has 17 heavy (non-hydrogen) atoms. The van der Waals surface area contributed by atoms with Crippen LogP contribution in [0.2, 0.25) is 0 Å². The Labute approximate surface area is 101 Å². The van der Waals surface area contributed by atoms with Gasteiger partial charge in [-0.25, -0.2) is 4.68 Å². The highest BCUT2D eigenvalue weighted by Crippen LogP contribution is 2.27. The fourth-order valence-electron chi connectivity index (χ4n) is 2.65. The van der Waals surface area contributed by atoms with Gasteiger partial charge in [-0.2, -0.15) is 5.10 Å². The molecule has 0 saturated carbocycles. The Morgan fingerprint density at radius 3 is 3.00 bits per heavy atom. The molecule has 1 aromatic carbocycles. The quantitative estimate of drug-likeness (QED) is 0.854. The highest BCUT2D eigenvalue weighted by Gasteiger charge is 2.22. The molecule has 2 N–H and O–H groups in total. The summed E-state index contributed by atoms with van der Waals surface area (Å²) in [6.07, 6.45) is 3.48. The number of nitrogens with two attached hydrogens (primary N) is 1. The molecule has 0 spiro atoms. The third-order valence-electron chi connectivity index (χ3n) is 3.45. The van der Waals surface area contributed by atoms with E-state index in [1.165, 1.54) is 23.2 Å². The summed E-state index contributed by atoms with van der Waals surface area (Å²) in [6, 6.07) is 8.47. The average molecular weight is 227 g/mol. The first-order valence-corrected chi connectivity index (χ1v) is 6.16. The molecule has 0 amide bonds. The zero-order chi connectivity index (χ0) is 11.8. The minimum absolute atomic E-state index is 0.543. The lowest BCUT2D eigenvalue weighted by Gasteiger charge is -2.06. The van der Waals surface area contributed by atoms with Crippen molar-refractivity contribution in [3.63, 3.8) is 0 Å². The summed E-state index contributed by atoms with van der Waals surface area (Å²) in [5.41, 5.74) is 12.0. The average Bonchev–Trinajstić information content (AvgIpc) is 2.89. The Morgan fingerprint density at radius 2 is 2.24 bits per heavy atom. The molecule has 1 heterocycles. The molecular weight excluding hydrogens is 210 g/mol. The number of benzene rings is 1. The van der Waals surface area contributed by atoms with Crippen LogP contribution in [0.4, 0.5) is 0 Å². The molecule has 0 unspecified atom stereocenters. The molecule has 0 aliphatic heterocycles. The maximum absolute atomic E-state index is 5.77. The van der Waals surface area contributed by atoms with Gasteiger partial charge in [0, 0.05) is 12.2 Å². The van der Waals surface area contributed by atoms with E-state index in [1.807, 2.05) is 0 Å². The molecule has 0 saturated heterocycles. The van der Waals surface area contributed by atoms with Crippen molar-refractivity contribution in [1.82, 2.24) is 9.78 Å². The van der Waals surface area contributed by atoms with E-state index in [-0.39, 0.29) is 0 Å². The third kappa shape index (κ3) is 1.67. The van der Waals surface area contributed by atoms with Gasteiger partial charge in [-0.15, -0.1) is 0 Å². The standard InChI is InChI=1S/C14H17N3/c1-10-4-2-5-11(8-10)17-14-7-3-6-12(14)13(9-15)16-17/h2,4-5,8H,3,6-7,9,15H2,1H3. The first-order chi connectivity index (χ1) is 8.29. The van der Waals surface area contributed by atoms with Gasteiger partial charge in [0.05, 0.1) is 11.4 Å². The molecule has 3 nitrogen and oxygen atoms in total. The molecule has 1 aromatic heterocycles. The Balaban J connectivity index is 2.15. The molecule has 0 radical (unpaired) electrons. The summed E-state index contributed by atoms with van der Waals surface area (Å²) < 4.78 is 2.08. The van der Waals surface area contributed by atoms with Gasteiger partial charge < -0.3 is 5.73 Å². The van der Waals surface area contributed by atoms with E-state index in [1.54, 1.807) is 0 Å². The van der Waals surface area contributed by atoms with Gasteiger partial charge in [-0.3, -0.25) is 0 Å². The van der Waals surface area contributed by atoms with E-state index in [0.29, 0.717) is 6.54 Å². The number of aromatic nitrogens is 2. The van der Waals surface area contributed by atoms with Crippen molar-refractivity contribution in [3.05, 3.63) is 46.8 Å². The monoisotopic (exact) mass is 227 g/mol. The van der Waals surface area contributed by atoms with Gasteiger partial charge in [0.15, 0.2) is 0 Å². The van der Waals surface area contributed by atoms with Crippen molar-refractivity contribution in [3.8, 4) is 5.69 Å². The van der Waals surface area contributed by atoms with Gasteiger partial charge in [-0.1, -0.05) is 12.1 Å². The van der Waals surface area contributed by atoms with Crippen molar-refractivity contribution >= 4 is 0 Å². The molecule has 1 aliphatic rings. The van der Waals surface area contributed by atoms with Crippen molar-refractivity contribution in [2.24, 2.45) is 5.73 Å². The van der Waals surface area contributed by atoms with Crippen molar-refractivity contribution < 1.29 is 0 Å². The fraction of sp³-hybridized carbons (Fsp3) is 0.357. The molecular formula is C14H17N3. The van der Waals surface area contributed by atoms with E-state index >= 15 is 0 Å². The topological polar surface area (TPSA) is 43.8 Å². The number of aryl methyl sites for hydroxylation is 1. The number of hydrogen-bond donors (Lipinski definition) is 1. The van der Waals surface area contributed by atoms with Gasteiger partial charge in [0.1, 0.15) is 0 Å². The van der Waals surface area contributed by atoms with E-state index in [0.717, 1.165) is 24.2 Å². The van der Waals surface area contributed by atoms with Crippen LogP contribution >= 0.6 is 0 Å². The van der Waals surface area contributed by atoms with Crippen LogP contribution < -0.4 is 5.73 Å². The van der Waals surface area contributed by atoms with E-state index in [9.17, 15) is 0 Å². The van der Waals surface area contributed by atoms with Crippen molar-refractivity contribution in [2.75, 3.05) is 0 Å². The predicted molar refractivity (Wildman–Crippen MR) is 68.2 cm³/mol. The summed E-state index contributed by atoms with van der Waals surface area (Å²) in [5.74, 6) is 0. The molecule has 88 valence electrons. The highest BCUT2D eigenvalue weighted by atomic mass is 15.3. The molecule has 1 aliphatic carbocycles. The van der Waals surface area contributed by atoms with Crippen LogP contribution in [0.25, 0.3) is 5.69 Å². The minimum atomic E-state index is 0.543. The summed E-state index contributed by atoms with van der Waals surface area (Å²) in [5, 5.41) is 4.65. The van der Waals surface area contributed by atoms with Crippen molar-refractivity contribution in [2.45, 2.75) is 32.7 Å². The lowest BCUT2D eigenvalue weighted by molar-refractivity contribution is 0.758. The Morgan fingerprint density at radius 1 is 1.35 bits per heavy atom. The summed E-state index contributed by atoms with van der Waals surface area (Å²) >= 11 is 0. The number of hydrogen-bond acceptors (Lipinski definition) is 2. The van der Waals surface area contributed by atoms with Crippen LogP contribution in [-0.2, 0) is 19.4 Å². The zero-order valence-corrected chi connectivity index (χ0v) is 10.1. The second-order valence-electron chi connectivity index (χ2n) is 4.68. The molecule has 3 heteroatoms. The van der Waals surface area contributed by atoms with E-state index in [2.05, 4.69) is 41.0 Å². The molecule has 3 rings (SSSR count). The summed E-state index contributed by atoms with van der Waals surface area (Å²) in [6.45, 7) is 2.65. The number of fused-ring (bicyclic) bond motifs is 1. The van der Waals surface area contributed by atoms with E-state index < -0.39 is 0 Å². The number of nitrogens with zero attached hydrogens (tertiary/aromatic N) is 2. The normalized spacial score (nSPS) is 14.0. The second-order valence-corrected chi connectivity index (χ2v) is 4.68. The maximum atomic E-state index is 5.77. The van der Waals surface area contributed by atoms with Crippen LogP contribution in [0.3, 0.4) is 0 Å². The molecule has 0 fully saturated rings. The first kappa shape index (κ1) is 10.5. The summed E-state index contributed by atoms with van der Waals surface area (Å²) in [7, 11) is 0. The smallest absolute Gasteiger partial charge is 0.0799 e. The largest absolute Gasteiger partial charge is 0.325 e. The lowest BCUT2D eigenvalue weighted by Crippen LogP contribution is -2.04. The van der Waals surface area contributed by atoms with Gasteiger partial charge in [-0.05, 0) is 49.4 Å². The van der Waals surface area contributed by atoms with E-state index in [4.69, 9.17) is 5.73 Å². The van der Waals surface area contributed by atoms with Gasteiger partial charge >= 0.3 is 0 Å². The Bertz CT molecular complexity index is 555. The van der Waals surface area contributed by atoms with Crippen LogP contribution in [0, 0.1) is 6.92 Å². The summed E-state index contributed by atoms with van der Waals surface area (Å²) in [4.78, 5) is 0. The lowest BCUT2D eigenvalue weighted by atomic mass is 10.2. The third-order valence-corrected chi connectivity index (χ3v) is 3.45. The second kappa shape index (κ2) is 4.00. The molecule has 2 aromatic rings. The van der Waals surface area contributed by atoms with Gasteiger partial charge in [0.25, 0.3) is 0 Å². The number of rotatable bonds is 2. The van der Waals surface area contributed by atoms with Crippen LogP contribution in [0.1, 0.15) is 28.9 Å².